The van der Waals surface area contributed by atoms with E-state index in [1.165, 1.54) is 18.2 Å². The van der Waals surface area contributed by atoms with E-state index in [2.05, 4.69) is 5.32 Å². The molecule has 26 heavy (non-hydrogen) atoms. The van der Waals surface area contributed by atoms with Gasteiger partial charge in [0.2, 0.25) is 10.0 Å². The summed E-state index contributed by atoms with van der Waals surface area (Å²) in [5.74, 6) is -2.58. The maximum Gasteiger partial charge on any atom is 0.255 e. The summed E-state index contributed by atoms with van der Waals surface area (Å²) in [6, 6.07) is 7.01. The van der Waals surface area contributed by atoms with Crippen molar-refractivity contribution in [2.24, 2.45) is 0 Å². The van der Waals surface area contributed by atoms with Gasteiger partial charge in [-0.25, -0.2) is 17.2 Å². The second-order valence-electron chi connectivity index (χ2n) is 5.29. The highest BCUT2D eigenvalue weighted by atomic mass is 35.5. The molecule has 2 rings (SSSR count). The Morgan fingerprint density at radius 1 is 1.15 bits per heavy atom. The molecule has 2 aromatic rings. The number of halogens is 3. The number of carbonyl (C=O) groups is 1. The third-order valence-electron chi connectivity index (χ3n) is 3.72. The number of rotatable bonds is 6. The number of carbonyl (C=O) groups excluding carboxylic acids is 1. The first-order chi connectivity index (χ1) is 12.2. The van der Waals surface area contributed by atoms with Crippen LogP contribution in [0.3, 0.4) is 0 Å². The molecule has 0 spiro atoms. The summed E-state index contributed by atoms with van der Waals surface area (Å²) >= 11 is 5.66. The molecule has 2 aromatic carbocycles. The predicted octanol–water partition coefficient (Wildman–Crippen LogP) is 3.90. The number of sulfonamides is 1. The summed E-state index contributed by atoms with van der Waals surface area (Å²) in [4.78, 5) is 11.7. The summed E-state index contributed by atoms with van der Waals surface area (Å²) in [6.45, 7) is 3.56. The Morgan fingerprint density at radius 2 is 1.81 bits per heavy atom. The van der Waals surface area contributed by atoms with Gasteiger partial charge >= 0.3 is 0 Å². The van der Waals surface area contributed by atoms with Crippen molar-refractivity contribution < 1.29 is 22.0 Å². The van der Waals surface area contributed by atoms with Gasteiger partial charge in [-0.15, -0.1) is 0 Å². The molecule has 0 aromatic heterocycles. The van der Waals surface area contributed by atoms with Crippen LogP contribution in [0.5, 0.6) is 0 Å². The lowest BCUT2D eigenvalue weighted by Gasteiger charge is -2.19. The standard InChI is InChI=1S/C17H17ClF2N2O3S/c1-3-22(4-2)26(24,25)15-10-11(8-9-13(15)19)17(23)21-14-7-5-6-12(18)16(14)20/h5-10H,3-4H2,1-2H3,(H,21,23). The molecule has 1 N–H and O–H groups in total. The number of hydrogen-bond donors (Lipinski definition) is 1. The fourth-order valence-electron chi connectivity index (χ4n) is 2.34. The average molecular weight is 403 g/mol. The molecule has 0 saturated carbocycles. The first-order valence-corrected chi connectivity index (χ1v) is 9.59. The van der Waals surface area contributed by atoms with Crippen molar-refractivity contribution in [3.63, 3.8) is 0 Å². The highest BCUT2D eigenvalue weighted by Crippen LogP contribution is 2.24. The highest BCUT2D eigenvalue weighted by Gasteiger charge is 2.26. The fraction of sp³-hybridized carbons (Fsp3) is 0.235. The molecule has 5 nitrogen and oxygen atoms in total. The average Bonchev–Trinajstić information content (AvgIpc) is 2.60. The Bertz CT molecular complexity index is 932. The van der Waals surface area contributed by atoms with E-state index < -0.39 is 32.5 Å². The normalized spacial score (nSPS) is 11.6. The smallest absolute Gasteiger partial charge is 0.255 e. The maximum atomic E-state index is 14.1. The van der Waals surface area contributed by atoms with Crippen LogP contribution in [0.15, 0.2) is 41.3 Å². The Labute approximate surface area is 155 Å². The van der Waals surface area contributed by atoms with Gasteiger partial charge < -0.3 is 5.32 Å². The molecule has 140 valence electrons. The molecule has 0 bridgehead atoms. The van der Waals surface area contributed by atoms with E-state index in [1.807, 2.05) is 0 Å². The second kappa shape index (κ2) is 8.11. The molecule has 0 saturated heterocycles. The summed E-state index contributed by atoms with van der Waals surface area (Å²) in [5, 5.41) is 2.12. The van der Waals surface area contributed by atoms with Gasteiger partial charge in [0.25, 0.3) is 5.91 Å². The van der Waals surface area contributed by atoms with Gasteiger partial charge in [0.1, 0.15) is 10.7 Å². The molecular weight excluding hydrogens is 386 g/mol. The summed E-state index contributed by atoms with van der Waals surface area (Å²) in [6.07, 6.45) is 0. The van der Waals surface area contributed by atoms with Crippen LogP contribution in [0.1, 0.15) is 24.2 Å². The quantitative estimate of drug-likeness (QED) is 0.796. The third kappa shape index (κ3) is 4.03. The van der Waals surface area contributed by atoms with Crippen molar-refractivity contribution >= 4 is 33.2 Å². The number of hydrogen-bond acceptors (Lipinski definition) is 3. The van der Waals surface area contributed by atoms with E-state index >= 15 is 0 Å². The van der Waals surface area contributed by atoms with E-state index in [0.29, 0.717) is 0 Å². The van der Waals surface area contributed by atoms with E-state index in [-0.39, 0.29) is 29.4 Å². The summed E-state index contributed by atoms with van der Waals surface area (Å²) in [7, 11) is -4.09. The van der Waals surface area contributed by atoms with Crippen LogP contribution in [-0.4, -0.2) is 31.7 Å². The lowest BCUT2D eigenvalue weighted by Crippen LogP contribution is -2.31. The Morgan fingerprint density at radius 3 is 2.42 bits per heavy atom. The number of anilines is 1. The molecular formula is C17H17ClF2N2O3S. The van der Waals surface area contributed by atoms with Crippen LogP contribution in [-0.2, 0) is 10.0 Å². The zero-order valence-corrected chi connectivity index (χ0v) is 15.7. The number of amides is 1. The van der Waals surface area contributed by atoms with Gasteiger partial charge in [0, 0.05) is 18.7 Å². The van der Waals surface area contributed by atoms with Crippen LogP contribution in [0.4, 0.5) is 14.5 Å². The summed E-state index contributed by atoms with van der Waals surface area (Å²) in [5.41, 5.74) is -0.295. The second-order valence-corrected chi connectivity index (χ2v) is 7.60. The van der Waals surface area contributed by atoms with Crippen molar-refractivity contribution in [2.45, 2.75) is 18.7 Å². The molecule has 0 atom stereocenters. The minimum atomic E-state index is -4.09. The molecule has 0 aliphatic carbocycles. The van der Waals surface area contributed by atoms with Crippen molar-refractivity contribution in [1.29, 1.82) is 0 Å². The minimum Gasteiger partial charge on any atom is -0.319 e. The van der Waals surface area contributed by atoms with Crippen molar-refractivity contribution in [2.75, 3.05) is 18.4 Å². The van der Waals surface area contributed by atoms with Crippen LogP contribution < -0.4 is 5.32 Å². The van der Waals surface area contributed by atoms with Crippen LogP contribution in [0, 0.1) is 11.6 Å². The molecule has 9 heteroatoms. The largest absolute Gasteiger partial charge is 0.319 e. The van der Waals surface area contributed by atoms with Gasteiger partial charge in [0.05, 0.1) is 10.7 Å². The van der Waals surface area contributed by atoms with Crippen LogP contribution >= 0.6 is 11.6 Å². The predicted molar refractivity (Wildman–Crippen MR) is 95.9 cm³/mol. The van der Waals surface area contributed by atoms with Gasteiger partial charge in [-0.2, -0.15) is 4.31 Å². The first kappa shape index (κ1) is 20.3. The Kier molecular flexibility index (Phi) is 6.33. The lowest BCUT2D eigenvalue weighted by molar-refractivity contribution is 0.102. The molecule has 0 heterocycles. The number of nitrogens with one attached hydrogen (secondary N) is 1. The van der Waals surface area contributed by atoms with Crippen molar-refractivity contribution in [3.8, 4) is 0 Å². The third-order valence-corrected chi connectivity index (χ3v) is 6.07. The van der Waals surface area contributed by atoms with Gasteiger partial charge in [-0.1, -0.05) is 31.5 Å². The number of nitrogens with zero attached hydrogens (tertiary/aromatic N) is 1. The molecule has 1 amide bonds. The minimum absolute atomic E-state index is 0.128. The van der Waals surface area contributed by atoms with Gasteiger partial charge in [-0.3, -0.25) is 4.79 Å². The lowest BCUT2D eigenvalue weighted by atomic mass is 10.2. The maximum absolute atomic E-state index is 14.1. The zero-order chi connectivity index (χ0) is 19.5. The fourth-order valence-corrected chi connectivity index (χ4v) is 4.06. The van der Waals surface area contributed by atoms with E-state index in [4.69, 9.17) is 11.6 Å². The van der Waals surface area contributed by atoms with Crippen molar-refractivity contribution in [3.05, 3.63) is 58.6 Å². The molecule has 0 aliphatic heterocycles. The topological polar surface area (TPSA) is 66.5 Å². The summed E-state index contributed by atoms with van der Waals surface area (Å²) < 4.78 is 54.1. The SMILES string of the molecule is CCN(CC)S(=O)(=O)c1cc(C(=O)Nc2cccc(Cl)c2F)ccc1F. The van der Waals surface area contributed by atoms with E-state index in [0.717, 1.165) is 22.5 Å². The zero-order valence-electron chi connectivity index (χ0n) is 14.1. The van der Waals surface area contributed by atoms with E-state index in [9.17, 15) is 22.0 Å². The number of benzene rings is 2. The first-order valence-electron chi connectivity index (χ1n) is 7.77. The molecule has 0 fully saturated rings. The van der Waals surface area contributed by atoms with Crippen molar-refractivity contribution in [1.82, 2.24) is 4.31 Å². The molecule has 0 aliphatic rings. The Balaban J connectivity index is 2.40. The van der Waals surface area contributed by atoms with Crippen LogP contribution in [0.2, 0.25) is 5.02 Å². The Hall–Kier alpha value is -2.03. The van der Waals surface area contributed by atoms with Crippen LogP contribution in [0.25, 0.3) is 0 Å². The highest BCUT2D eigenvalue weighted by molar-refractivity contribution is 7.89. The van der Waals surface area contributed by atoms with Gasteiger partial charge in [0.15, 0.2) is 5.82 Å². The van der Waals surface area contributed by atoms with Gasteiger partial charge in [-0.05, 0) is 30.3 Å². The molecule has 0 unspecified atom stereocenters. The van der Waals surface area contributed by atoms with E-state index in [1.54, 1.807) is 13.8 Å². The molecule has 0 radical (unpaired) electrons. The monoisotopic (exact) mass is 402 g/mol.